The monoisotopic (exact) mass is 276 g/mol. The third kappa shape index (κ3) is 2.10. The molecule has 0 bridgehead atoms. The molecular weight excluding hydrogens is 267 g/mol. The van der Waals surface area contributed by atoms with Crippen LogP contribution >= 0.6 is 11.3 Å². The maximum atomic E-state index is 13.5. The van der Waals surface area contributed by atoms with Crippen LogP contribution in [0, 0.1) is 12.7 Å². The number of hydrogen-bond acceptors (Lipinski definition) is 5. The van der Waals surface area contributed by atoms with Crippen LogP contribution in [0.15, 0.2) is 34.2 Å². The lowest BCUT2D eigenvalue weighted by Gasteiger charge is -1.97. The molecule has 0 radical (unpaired) electrons. The maximum absolute atomic E-state index is 13.5. The summed E-state index contributed by atoms with van der Waals surface area (Å²) in [7, 11) is 0. The van der Waals surface area contributed by atoms with Gasteiger partial charge in [0, 0.05) is 5.56 Å². The molecule has 0 aliphatic carbocycles. The van der Waals surface area contributed by atoms with Crippen LogP contribution in [0.5, 0.6) is 5.75 Å². The molecule has 0 unspecified atom stereocenters. The van der Waals surface area contributed by atoms with Crippen molar-refractivity contribution in [2.75, 3.05) is 0 Å². The quantitative estimate of drug-likeness (QED) is 0.776. The summed E-state index contributed by atoms with van der Waals surface area (Å²) in [5, 5.41) is 15.1. The molecule has 0 fully saturated rings. The first-order chi connectivity index (χ1) is 9.15. The highest BCUT2D eigenvalue weighted by Gasteiger charge is 2.15. The number of aromatic hydroxyl groups is 1. The van der Waals surface area contributed by atoms with Crippen molar-refractivity contribution in [3.05, 3.63) is 41.0 Å². The standard InChI is InChI=1S/C13H9FN2O2S/c1-7-2-3-8(6-9(7)14)12-15-13(18-16-12)11-10(17)4-5-19-11/h2-6,17H,1H3. The van der Waals surface area contributed by atoms with E-state index in [0.717, 1.165) is 0 Å². The lowest BCUT2D eigenvalue weighted by atomic mass is 10.1. The van der Waals surface area contributed by atoms with Gasteiger partial charge in [0.2, 0.25) is 5.82 Å². The fraction of sp³-hybridized carbons (Fsp3) is 0.0769. The Morgan fingerprint density at radius 2 is 2.16 bits per heavy atom. The fourth-order valence-corrected chi connectivity index (χ4v) is 2.33. The molecule has 0 spiro atoms. The van der Waals surface area contributed by atoms with Crippen LogP contribution in [0.25, 0.3) is 22.2 Å². The molecule has 1 aromatic carbocycles. The Balaban J connectivity index is 2.01. The number of benzene rings is 1. The Morgan fingerprint density at radius 3 is 2.84 bits per heavy atom. The highest BCUT2D eigenvalue weighted by atomic mass is 32.1. The summed E-state index contributed by atoms with van der Waals surface area (Å²) in [4.78, 5) is 4.67. The lowest BCUT2D eigenvalue weighted by molar-refractivity contribution is 0.427. The summed E-state index contributed by atoms with van der Waals surface area (Å²) in [6.45, 7) is 1.68. The SMILES string of the molecule is Cc1ccc(-c2noc(-c3sccc3O)n2)cc1F. The number of aryl methyl sites for hydroxylation is 1. The molecule has 1 N–H and O–H groups in total. The van der Waals surface area contributed by atoms with Gasteiger partial charge in [-0.05, 0) is 30.0 Å². The Bertz CT molecular complexity index is 736. The maximum Gasteiger partial charge on any atom is 0.272 e. The van der Waals surface area contributed by atoms with E-state index in [2.05, 4.69) is 10.1 Å². The predicted molar refractivity (Wildman–Crippen MR) is 69.4 cm³/mol. The Kier molecular flexibility index (Phi) is 2.79. The summed E-state index contributed by atoms with van der Waals surface area (Å²) < 4.78 is 18.6. The first-order valence-electron chi connectivity index (χ1n) is 5.52. The molecule has 4 nitrogen and oxygen atoms in total. The summed E-state index contributed by atoms with van der Waals surface area (Å²) in [6, 6.07) is 6.29. The molecule has 0 saturated carbocycles. The molecule has 0 amide bonds. The zero-order valence-corrected chi connectivity index (χ0v) is 10.7. The van der Waals surface area contributed by atoms with Gasteiger partial charge in [-0.25, -0.2) is 4.39 Å². The van der Waals surface area contributed by atoms with Crippen molar-refractivity contribution in [1.82, 2.24) is 10.1 Å². The number of halogens is 1. The van der Waals surface area contributed by atoms with Gasteiger partial charge in [-0.1, -0.05) is 17.3 Å². The van der Waals surface area contributed by atoms with Gasteiger partial charge in [0.15, 0.2) is 0 Å². The van der Waals surface area contributed by atoms with Crippen LogP contribution in [0.3, 0.4) is 0 Å². The second-order valence-electron chi connectivity index (χ2n) is 4.02. The minimum absolute atomic E-state index is 0.0929. The Labute approximate surface area is 112 Å². The summed E-state index contributed by atoms with van der Waals surface area (Å²) in [5.41, 5.74) is 1.09. The van der Waals surface area contributed by atoms with E-state index < -0.39 is 0 Å². The van der Waals surface area contributed by atoms with Gasteiger partial charge in [0.05, 0.1) is 0 Å². The fourth-order valence-electron chi connectivity index (χ4n) is 1.63. The van der Waals surface area contributed by atoms with E-state index in [9.17, 15) is 9.50 Å². The van der Waals surface area contributed by atoms with Crippen molar-refractivity contribution in [2.24, 2.45) is 0 Å². The largest absolute Gasteiger partial charge is 0.506 e. The van der Waals surface area contributed by atoms with Gasteiger partial charge in [0.25, 0.3) is 5.89 Å². The highest BCUT2D eigenvalue weighted by Crippen LogP contribution is 2.34. The van der Waals surface area contributed by atoms with E-state index in [1.165, 1.54) is 17.4 Å². The normalized spacial score (nSPS) is 10.8. The van der Waals surface area contributed by atoms with Gasteiger partial charge >= 0.3 is 0 Å². The molecular formula is C13H9FN2O2S. The molecule has 0 saturated heterocycles. The highest BCUT2D eigenvalue weighted by molar-refractivity contribution is 7.13. The predicted octanol–water partition coefficient (Wildman–Crippen LogP) is 3.62. The van der Waals surface area contributed by atoms with Crippen LogP contribution in [-0.4, -0.2) is 15.2 Å². The number of rotatable bonds is 2. The Morgan fingerprint density at radius 1 is 1.32 bits per heavy atom. The number of hydrogen-bond donors (Lipinski definition) is 1. The van der Waals surface area contributed by atoms with Crippen molar-refractivity contribution in [2.45, 2.75) is 6.92 Å². The molecule has 6 heteroatoms. The summed E-state index contributed by atoms with van der Waals surface area (Å²) >= 11 is 1.30. The van der Waals surface area contributed by atoms with E-state index in [4.69, 9.17) is 4.52 Å². The third-order valence-corrected chi connectivity index (χ3v) is 3.59. The van der Waals surface area contributed by atoms with Gasteiger partial charge in [-0.3, -0.25) is 0 Å². The molecule has 0 aliphatic rings. The average molecular weight is 276 g/mol. The van der Waals surface area contributed by atoms with Crippen molar-refractivity contribution in [3.63, 3.8) is 0 Å². The summed E-state index contributed by atoms with van der Waals surface area (Å²) in [5.74, 6) is 0.295. The Hall–Kier alpha value is -2.21. The molecule has 19 heavy (non-hydrogen) atoms. The van der Waals surface area contributed by atoms with Crippen molar-refractivity contribution in [1.29, 1.82) is 0 Å². The zero-order chi connectivity index (χ0) is 13.4. The number of nitrogens with zero attached hydrogens (tertiary/aromatic N) is 2. The molecule has 96 valence electrons. The van der Waals surface area contributed by atoms with Crippen molar-refractivity contribution >= 4 is 11.3 Å². The second kappa shape index (κ2) is 4.47. The topological polar surface area (TPSA) is 59.2 Å². The van der Waals surface area contributed by atoms with Crippen molar-refractivity contribution < 1.29 is 14.0 Å². The first-order valence-corrected chi connectivity index (χ1v) is 6.40. The van der Waals surface area contributed by atoms with Crippen molar-refractivity contribution in [3.8, 4) is 27.9 Å². The van der Waals surface area contributed by atoms with Gasteiger partial charge in [-0.15, -0.1) is 11.3 Å². The lowest BCUT2D eigenvalue weighted by Crippen LogP contribution is -1.86. The van der Waals surface area contributed by atoms with Crippen LogP contribution in [0.4, 0.5) is 4.39 Å². The van der Waals surface area contributed by atoms with E-state index in [-0.39, 0.29) is 17.5 Å². The van der Waals surface area contributed by atoms with Crippen LogP contribution < -0.4 is 0 Å². The minimum Gasteiger partial charge on any atom is -0.506 e. The number of aromatic nitrogens is 2. The molecule has 0 atom stereocenters. The summed E-state index contributed by atoms with van der Waals surface area (Å²) in [6.07, 6.45) is 0. The van der Waals surface area contributed by atoms with Gasteiger partial charge in [-0.2, -0.15) is 4.98 Å². The number of thiophene rings is 1. The third-order valence-electron chi connectivity index (χ3n) is 2.69. The van der Waals surface area contributed by atoms with E-state index in [1.807, 2.05) is 0 Å². The van der Waals surface area contributed by atoms with Crippen LogP contribution in [0.2, 0.25) is 0 Å². The second-order valence-corrected chi connectivity index (χ2v) is 4.94. The molecule has 3 aromatic rings. The first kappa shape index (κ1) is 11.9. The van der Waals surface area contributed by atoms with Gasteiger partial charge in [0.1, 0.15) is 16.4 Å². The van der Waals surface area contributed by atoms with Crippen LogP contribution in [0.1, 0.15) is 5.56 Å². The van der Waals surface area contributed by atoms with E-state index >= 15 is 0 Å². The van der Waals surface area contributed by atoms with Gasteiger partial charge < -0.3 is 9.63 Å². The van der Waals surface area contributed by atoms with E-state index in [1.54, 1.807) is 30.5 Å². The zero-order valence-electron chi connectivity index (χ0n) is 9.92. The molecule has 0 aliphatic heterocycles. The average Bonchev–Trinajstić information content (AvgIpc) is 3.01. The molecule has 3 rings (SSSR count). The minimum atomic E-state index is -0.317. The van der Waals surface area contributed by atoms with Crippen LogP contribution in [-0.2, 0) is 0 Å². The van der Waals surface area contributed by atoms with E-state index in [0.29, 0.717) is 21.8 Å². The molecule has 2 heterocycles. The molecule has 2 aromatic heterocycles. The smallest absolute Gasteiger partial charge is 0.272 e.